The first-order valence-corrected chi connectivity index (χ1v) is 8.39. The molecule has 0 atom stereocenters. The molecule has 1 aliphatic heterocycles. The van der Waals surface area contributed by atoms with Crippen LogP contribution >= 0.6 is 11.6 Å². The van der Waals surface area contributed by atoms with Gasteiger partial charge in [0.1, 0.15) is 5.02 Å². The average Bonchev–Trinajstić information content (AvgIpc) is 2.69. The topological polar surface area (TPSA) is 122 Å². The fraction of sp³-hybridized carbons (Fsp3) is 0.250. The summed E-state index contributed by atoms with van der Waals surface area (Å²) in [5.74, 6) is -1.00. The summed E-state index contributed by atoms with van der Waals surface area (Å²) in [5.41, 5.74) is -0.223. The highest BCUT2D eigenvalue weighted by Gasteiger charge is 2.27. The SMILES string of the molecule is O=C(Nc1ccc(Cl)c([N+](=O)[O-])c1)C(=O)N1CCN(c2ncccn2)CC1. The predicted octanol–water partition coefficient (Wildman–Crippen LogP) is 1.33. The predicted molar refractivity (Wildman–Crippen MR) is 97.6 cm³/mol. The van der Waals surface area contributed by atoms with Crippen molar-refractivity contribution in [1.29, 1.82) is 0 Å². The molecule has 0 bridgehead atoms. The van der Waals surface area contributed by atoms with E-state index in [1.807, 2.05) is 4.90 Å². The maximum absolute atomic E-state index is 12.3. The summed E-state index contributed by atoms with van der Waals surface area (Å²) in [6, 6.07) is 5.51. The Labute approximate surface area is 158 Å². The van der Waals surface area contributed by atoms with Gasteiger partial charge in [0.25, 0.3) is 5.69 Å². The first-order valence-electron chi connectivity index (χ1n) is 8.02. The van der Waals surface area contributed by atoms with Crippen molar-refractivity contribution in [3.8, 4) is 0 Å². The van der Waals surface area contributed by atoms with Gasteiger partial charge in [-0.1, -0.05) is 11.6 Å². The van der Waals surface area contributed by atoms with Crippen LogP contribution in [0.4, 0.5) is 17.3 Å². The van der Waals surface area contributed by atoms with Crippen molar-refractivity contribution in [3.05, 3.63) is 51.8 Å². The highest BCUT2D eigenvalue weighted by atomic mass is 35.5. The molecule has 1 N–H and O–H groups in total. The molecule has 11 heteroatoms. The molecule has 0 spiro atoms. The van der Waals surface area contributed by atoms with Gasteiger partial charge in [0.05, 0.1) is 4.92 Å². The quantitative estimate of drug-likeness (QED) is 0.476. The van der Waals surface area contributed by atoms with Gasteiger partial charge in [-0.3, -0.25) is 19.7 Å². The van der Waals surface area contributed by atoms with Crippen molar-refractivity contribution in [1.82, 2.24) is 14.9 Å². The van der Waals surface area contributed by atoms with E-state index in [4.69, 9.17) is 11.6 Å². The molecular weight excluding hydrogens is 376 g/mol. The monoisotopic (exact) mass is 390 g/mol. The number of nitro groups is 1. The van der Waals surface area contributed by atoms with E-state index < -0.39 is 16.7 Å². The second-order valence-corrected chi connectivity index (χ2v) is 6.11. The Morgan fingerprint density at radius 3 is 2.44 bits per heavy atom. The zero-order valence-corrected chi connectivity index (χ0v) is 14.8. The zero-order valence-electron chi connectivity index (χ0n) is 14.0. The second-order valence-electron chi connectivity index (χ2n) is 5.71. The normalized spacial score (nSPS) is 14.0. The van der Waals surface area contributed by atoms with E-state index in [9.17, 15) is 19.7 Å². The van der Waals surface area contributed by atoms with Gasteiger partial charge in [-0.05, 0) is 18.2 Å². The van der Waals surface area contributed by atoms with E-state index >= 15 is 0 Å². The van der Waals surface area contributed by atoms with Crippen molar-refractivity contribution >= 4 is 40.7 Å². The standard InChI is InChI=1S/C16H15ClN6O4/c17-12-3-2-11(10-13(12)23(26)27)20-14(24)15(25)21-6-8-22(9-7-21)16-18-4-1-5-19-16/h1-5,10H,6-9H2,(H,20,24). The number of carbonyl (C=O) groups is 2. The Bertz CT molecular complexity index is 870. The lowest BCUT2D eigenvalue weighted by Crippen LogP contribution is -2.52. The van der Waals surface area contributed by atoms with Crippen LogP contribution in [0.5, 0.6) is 0 Å². The molecule has 2 heterocycles. The second kappa shape index (κ2) is 7.96. The van der Waals surface area contributed by atoms with Crippen LogP contribution in [0.15, 0.2) is 36.7 Å². The fourth-order valence-corrected chi connectivity index (χ4v) is 2.81. The molecule has 27 heavy (non-hydrogen) atoms. The Morgan fingerprint density at radius 2 is 1.81 bits per heavy atom. The third-order valence-corrected chi connectivity index (χ3v) is 4.32. The molecule has 0 radical (unpaired) electrons. The van der Waals surface area contributed by atoms with E-state index in [0.29, 0.717) is 32.1 Å². The van der Waals surface area contributed by atoms with Crippen LogP contribution < -0.4 is 10.2 Å². The molecule has 0 saturated carbocycles. The number of aromatic nitrogens is 2. The van der Waals surface area contributed by atoms with Gasteiger partial charge >= 0.3 is 11.8 Å². The molecule has 140 valence electrons. The number of carbonyl (C=O) groups excluding carboxylic acids is 2. The maximum atomic E-state index is 12.3. The number of piperazine rings is 1. The first-order chi connectivity index (χ1) is 13.0. The molecule has 1 aromatic carbocycles. The molecule has 2 aromatic rings. The van der Waals surface area contributed by atoms with Crippen LogP contribution in [0.3, 0.4) is 0 Å². The van der Waals surface area contributed by atoms with Crippen LogP contribution in [0.2, 0.25) is 5.02 Å². The van der Waals surface area contributed by atoms with Gasteiger partial charge in [-0.25, -0.2) is 9.97 Å². The van der Waals surface area contributed by atoms with Gasteiger partial charge in [0.15, 0.2) is 0 Å². The fourth-order valence-electron chi connectivity index (χ4n) is 2.62. The summed E-state index contributed by atoms with van der Waals surface area (Å²) in [6.07, 6.45) is 3.28. The van der Waals surface area contributed by atoms with Crippen LogP contribution in [0.1, 0.15) is 0 Å². The Morgan fingerprint density at radius 1 is 1.15 bits per heavy atom. The van der Waals surface area contributed by atoms with Crippen LogP contribution in [0, 0.1) is 10.1 Å². The van der Waals surface area contributed by atoms with Gasteiger partial charge in [0, 0.05) is 50.3 Å². The Balaban J connectivity index is 1.59. The van der Waals surface area contributed by atoms with Crippen LogP contribution in [0.25, 0.3) is 0 Å². The third kappa shape index (κ3) is 4.29. The van der Waals surface area contributed by atoms with E-state index in [1.54, 1.807) is 18.5 Å². The van der Waals surface area contributed by atoms with E-state index in [0.717, 1.165) is 6.07 Å². The number of amides is 2. The smallest absolute Gasteiger partial charge is 0.313 e. The van der Waals surface area contributed by atoms with E-state index in [1.165, 1.54) is 17.0 Å². The van der Waals surface area contributed by atoms with Gasteiger partial charge in [-0.15, -0.1) is 0 Å². The number of nitro benzene ring substituents is 1. The van der Waals surface area contributed by atoms with Crippen molar-refractivity contribution < 1.29 is 14.5 Å². The highest BCUT2D eigenvalue weighted by Crippen LogP contribution is 2.27. The Kier molecular flexibility index (Phi) is 5.46. The number of nitrogens with one attached hydrogen (secondary N) is 1. The molecule has 0 unspecified atom stereocenters. The molecule has 0 aliphatic carbocycles. The third-order valence-electron chi connectivity index (χ3n) is 4.00. The number of halogens is 1. The molecule has 2 amide bonds. The molecule has 1 aromatic heterocycles. The average molecular weight is 391 g/mol. The highest BCUT2D eigenvalue weighted by molar-refractivity contribution is 6.39. The lowest BCUT2D eigenvalue weighted by molar-refractivity contribution is -0.384. The largest absolute Gasteiger partial charge is 0.337 e. The lowest BCUT2D eigenvalue weighted by atomic mass is 10.2. The van der Waals surface area contributed by atoms with Crippen molar-refractivity contribution in [3.63, 3.8) is 0 Å². The maximum Gasteiger partial charge on any atom is 0.313 e. The number of nitrogens with zero attached hydrogens (tertiary/aromatic N) is 5. The Hall–Kier alpha value is -3.27. The molecule has 10 nitrogen and oxygen atoms in total. The van der Waals surface area contributed by atoms with Crippen LogP contribution in [-0.4, -0.2) is 57.8 Å². The van der Waals surface area contributed by atoms with Crippen molar-refractivity contribution in [2.45, 2.75) is 0 Å². The molecular formula is C16H15ClN6O4. The molecule has 3 rings (SSSR count). The number of anilines is 2. The summed E-state index contributed by atoms with van der Waals surface area (Å²) in [4.78, 5) is 46.4. The molecule has 1 fully saturated rings. The van der Waals surface area contributed by atoms with E-state index in [2.05, 4.69) is 15.3 Å². The first kappa shape index (κ1) is 18.5. The summed E-state index contributed by atoms with van der Waals surface area (Å²) in [6.45, 7) is 1.67. The van der Waals surface area contributed by atoms with Crippen molar-refractivity contribution in [2.24, 2.45) is 0 Å². The van der Waals surface area contributed by atoms with Gasteiger partial charge in [0.2, 0.25) is 5.95 Å². The van der Waals surface area contributed by atoms with Crippen molar-refractivity contribution in [2.75, 3.05) is 36.4 Å². The number of benzene rings is 1. The van der Waals surface area contributed by atoms with Gasteiger partial charge in [-0.2, -0.15) is 0 Å². The lowest BCUT2D eigenvalue weighted by Gasteiger charge is -2.34. The summed E-state index contributed by atoms with van der Waals surface area (Å²) in [5, 5.41) is 13.2. The minimum atomic E-state index is -0.865. The number of hydrogen-bond donors (Lipinski definition) is 1. The number of hydrogen-bond acceptors (Lipinski definition) is 7. The summed E-state index contributed by atoms with van der Waals surface area (Å²) >= 11 is 5.73. The molecule has 1 aliphatic rings. The zero-order chi connectivity index (χ0) is 19.4. The minimum absolute atomic E-state index is 0.0522. The summed E-state index contributed by atoms with van der Waals surface area (Å²) in [7, 11) is 0. The summed E-state index contributed by atoms with van der Waals surface area (Å²) < 4.78 is 0. The minimum Gasteiger partial charge on any atom is -0.337 e. The van der Waals surface area contributed by atoms with Crippen LogP contribution in [-0.2, 0) is 9.59 Å². The number of rotatable bonds is 3. The van der Waals surface area contributed by atoms with E-state index in [-0.39, 0.29) is 16.4 Å². The van der Waals surface area contributed by atoms with Gasteiger partial charge < -0.3 is 15.1 Å². The molecule has 1 saturated heterocycles.